The Balaban J connectivity index is 1.92. The number of aromatic nitrogens is 2. The summed E-state index contributed by atoms with van der Waals surface area (Å²) < 4.78 is 13.1. The van der Waals surface area contributed by atoms with E-state index < -0.39 is 0 Å². The van der Waals surface area contributed by atoms with Crippen LogP contribution in [0.5, 0.6) is 11.5 Å². The molecule has 5 heteroatoms. The van der Waals surface area contributed by atoms with E-state index in [0.29, 0.717) is 19.3 Å². The van der Waals surface area contributed by atoms with Crippen LogP contribution in [0, 0.1) is 0 Å². The molecule has 21 heavy (non-hydrogen) atoms. The Bertz CT molecular complexity index is 634. The van der Waals surface area contributed by atoms with E-state index in [1.807, 2.05) is 29.9 Å². The zero-order valence-corrected chi connectivity index (χ0v) is 12.7. The molecule has 2 heterocycles. The van der Waals surface area contributed by atoms with Gasteiger partial charge in [-0.1, -0.05) is 13.8 Å². The largest absolute Gasteiger partial charge is 0.486 e. The van der Waals surface area contributed by atoms with E-state index >= 15 is 0 Å². The van der Waals surface area contributed by atoms with Crippen molar-refractivity contribution < 1.29 is 9.47 Å². The molecule has 0 atom stereocenters. The summed E-state index contributed by atoms with van der Waals surface area (Å²) in [5.41, 5.74) is 3.23. The summed E-state index contributed by atoms with van der Waals surface area (Å²) in [6.45, 7) is 6.29. The molecule has 0 fully saturated rings. The Morgan fingerprint density at radius 3 is 2.76 bits per heavy atom. The molecule has 1 aliphatic heterocycles. The number of nitrogens with zero attached hydrogens (tertiary/aromatic N) is 2. The van der Waals surface area contributed by atoms with Crippen LogP contribution in [0.15, 0.2) is 24.4 Å². The molecule has 0 bridgehead atoms. The average molecular weight is 287 g/mol. The van der Waals surface area contributed by atoms with Gasteiger partial charge in [0, 0.05) is 37.0 Å². The molecule has 0 amide bonds. The summed E-state index contributed by atoms with van der Waals surface area (Å²) in [5.74, 6) is 1.61. The van der Waals surface area contributed by atoms with Crippen molar-refractivity contribution in [1.82, 2.24) is 15.1 Å². The molecule has 0 unspecified atom stereocenters. The maximum absolute atomic E-state index is 5.66. The predicted molar refractivity (Wildman–Crippen MR) is 81.6 cm³/mol. The second-order valence-electron chi connectivity index (χ2n) is 5.57. The van der Waals surface area contributed by atoms with Crippen molar-refractivity contribution in [3.05, 3.63) is 30.0 Å². The van der Waals surface area contributed by atoms with Crippen molar-refractivity contribution >= 4 is 0 Å². The molecule has 1 aromatic heterocycles. The molecule has 1 aromatic carbocycles. The number of nitrogens with one attached hydrogen (secondary N) is 1. The van der Waals surface area contributed by atoms with Gasteiger partial charge in [0.05, 0.1) is 5.69 Å². The lowest BCUT2D eigenvalue weighted by Gasteiger charge is -2.18. The minimum atomic E-state index is 0.443. The molecule has 1 N–H and O–H groups in total. The van der Waals surface area contributed by atoms with E-state index in [1.165, 1.54) is 5.56 Å². The molecular formula is C16H21N3O2. The highest BCUT2D eigenvalue weighted by atomic mass is 16.6. The van der Waals surface area contributed by atoms with E-state index in [9.17, 15) is 0 Å². The zero-order chi connectivity index (χ0) is 14.8. The molecule has 0 saturated carbocycles. The topological polar surface area (TPSA) is 48.3 Å². The molecule has 3 rings (SSSR count). The van der Waals surface area contributed by atoms with Crippen LogP contribution in [0.2, 0.25) is 0 Å². The second kappa shape index (κ2) is 5.77. The maximum atomic E-state index is 5.66. The molecule has 0 spiro atoms. The van der Waals surface area contributed by atoms with Crippen LogP contribution in [0.3, 0.4) is 0 Å². The van der Waals surface area contributed by atoms with Gasteiger partial charge >= 0.3 is 0 Å². The van der Waals surface area contributed by atoms with Gasteiger partial charge in [-0.15, -0.1) is 0 Å². The minimum absolute atomic E-state index is 0.443. The Morgan fingerprint density at radius 1 is 1.24 bits per heavy atom. The summed E-state index contributed by atoms with van der Waals surface area (Å²) in [5, 5.41) is 8.03. The minimum Gasteiger partial charge on any atom is -0.486 e. The molecule has 5 nitrogen and oxygen atoms in total. The first kappa shape index (κ1) is 13.9. The fourth-order valence-electron chi connectivity index (χ4n) is 2.41. The molecule has 0 aliphatic carbocycles. The molecule has 0 radical (unpaired) electrons. The SMILES string of the molecule is CC(C)NCc1cn(C)nc1-c1ccc2c(c1)OCCO2. The Kier molecular flexibility index (Phi) is 3.84. The summed E-state index contributed by atoms with van der Waals surface area (Å²) in [6.07, 6.45) is 2.06. The van der Waals surface area contributed by atoms with Crippen LogP contribution in [-0.4, -0.2) is 29.0 Å². The van der Waals surface area contributed by atoms with Gasteiger partial charge in [0.2, 0.25) is 0 Å². The maximum Gasteiger partial charge on any atom is 0.162 e. The van der Waals surface area contributed by atoms with Gasteiger partial charge in [-0.3, -0.25) is 4.68 Å². The number of fused-ring (bicyclic) bond motifs is 1. The van der Waals surface area contributed by atoms with Gasteiger partial charge in [-0.25, -0.2) is 0 Å². The Hall–Kier alpha value is -2.01. The molecule has 0 saturated heterocycles. The van der Waals surface area contributed by atoms with Crippen LogP contribution >= 0.6 is 0 Å². The molecule has 112 valence electrons. The number of hydrogen-bond acceptors (Lipinski definition) is 4. The van der Waals surface area contributed by atoms with Gasteiger partial charge in [0.15, 0.2) is 11.5 Å². The van der Waals surface area contributed by atoms with Gasteiger partial charge in [0.25, 0.3) is 0 Å². The van der Waals surface area contributed by atoms with Gasteiger partial charge < -0.3 is 14.8 Å². The second-order valence-corrected chi connectivity index (χ2v) is 5.57. The smallest absolute Gasteiger partial charge is 0.162 e. The van der Waals surface area contributed by atoms with Crippen molar-refractivity contribution in [2.75, 3.05) is 13.2 Å². The number of hydrogen-bond donors (Lipinski definition) is 1. The first-order valence-corrected chi connectivity index (χ1v) is 7.29. The van der Waals surface area contributed by atoms with Crippen LogP contribution in [0.1, 0.15) is 19.4 Å². The Labute approximate surface area is 124 Å². The summed E-state index contributed by atoms with van der Waals surface area (Å²) in [4.78, 5) is 0. The summed E-state index contributed by atoms with van der Waals surface area (Å²) in [7, 11) is 1.94. The Morgan fingerprint density at radius 2 is 2.00 bits per heavy atom. The normalized spacial score (nSPS) is 13.7. The van der Waals surface area contributed by atoms with Crippen molar-refractivity contribution in [1.29, 1.82) is 0 Å². The van der Waals surface area contributed by atoms with Crippen molar-refractivity contribution in [3.8, 4) is 22.8 Å². The van der Waals surface area contributed by atoms with Gasteiger partial charge in [-0.2, -0.15) is 5.10 Å². The lowest BCUT2D eigenvalue weighted by atomic mass is 10.1. The third-order valence-electron chi connectivity index (χ3n) is 3.42. The zero-order valence-electron chi connectivity index (χ0n) is 12.7. The van der Waals surface area contributed by atoms with E-state index in [0.717, 1.165) is 29.3 Å². The first-order chi connectivity index (χ1) is 10.1. The van der Waals surface area contributed by atoms with Crippen LogP contribution < -0.4 is 14.8 Å². The van der Waals surface area contributed by atoms with E-state index in [4.69, 9.17) is 9.47 Å². The number of aryl methyl sites for hydroxylation is 1. The average Bonchev–Trinajstić information content (AvgIpc) is 2.85. The highest BCUT2D eigenvalue weighted by Gasteiger charge is 2.16. The third-order valence-corrected chi connectivity index (χ3v) is 3.42. The number of benzene rings is 1. The predicted octanol–water partition coefficient (Wildman–Crippen LogP) is 2.36. The van der Waals surface area contributed by atoms with E-state index in [1.54, 1.807) is 0 Å². The van der Waals surface area contributed by atoms with Crippen LogP contribution in [-0.2, 0) is 13.6 Å². The quantitative estimate of drug-likeness (QED) is 0.938. The third kappa shape index (κ3) is 3.03. The fourth-order valence-corrected chi connectivity index (χ4v) is 2.41. The van der Waals surface area contributed by atoms with E-state index in [-0.39, 0.29) is 0 Å². The number of ether oxygens (including phenoxy) is 2. The molecular weight excluding hydrogens is 266 g/mol. The monoisotopic (exact) mass is 287 g/mol. The van der Waals surface area contributed by atoms with Crippen molar-refractivity contribution in [2.45, 2.75) is 26.4 Å². The highest BCUT2D eigenvalue weighted by molar-refractivity contribution is 5.66. The van der Waals surface area contributed by atoms with Crippen molar-refractivity contribution in [3.63, 3.8) is 0 Å². The summed E-state index contributed by atoms with van der Waals surface area (Å²) in [6, 6.07) is 6.45. The lowest BCUT2D eigenvalue weighted by molar-refractivity contribution is 0.171. The lowest BCUT2D eigenvalue weighted by Crippen LogP contribution is -2.21. The fraction of sp³-hybridized carbons (Fsp3) is 0.438. The van der Waals surface area contributed by atoms with Crippen molar-refractivity contribution in [2.24, 2.45) is 7.05 Å². The first-order valence-electron chi connectivity index (χ1n) is 7.29. The van der Waals surface area contributed by atoms with Crippen LogP contribution in [0.4, 0.5) is 0 Å². The molecule has 1 aliphatic rings. The van der Waals surface area contributed by atoms with Crippen LogP contribution in [0.25, 0.3) is 11.3 Å². The number of rotatable bonds is 4. The van der Waals surface area contributed by atoms with Gasteiger partial charge in [-0.05, 0) is 18.2 Å². The summed E-state index contributed by atoms with van der Waals surface area (Å²) >= 11 is 0. The van der Waals surface area contributed by atoms with E-state index in [2.05, 4.69) is 30.5 Å². The standard InChI is InChI=1S/C16H21N3O2/c1-11(2)17-9-13-10-19(3)18-16(13)12-4-5-14-15(8-12)21-7-6-20-14/h4-5,8,10-11,17H,6-7,9H2,1-3H3. The highest BCUT2D eigenvalue weighted by Crippen LogP contribution is 2.34. The van der Waals surface area contributed by atoms with Gasteiger partial charge in [0.1, 0.15) is 13.2 Å². The molecule has 2 aromatic rings.